The highest BCUT2D eigenvalue weighted by molar-refractivity contribution is 5.56. The molecule has 1 aliphatic heterocycles. The summed E-state index contributed by atoms with van der Waals surface area (Å²) >= 11 is 0. The average Bonchev–Trinajstić information content (AvgIpc) is 2.80. The van der Waals surface area contributed by atoms with E-state index in [0.29, 0.717) is 0 Å². The van der Waals surface area contributed by atoms with Crippen molar-refractivity contribution in [2.24, 2.45) is 11.8 Å². The predicted molar refractivity (Wildman–Crippen MR) is 67.6 cm³/mol. The lowest BCUT2D eigenvalue weighted by Crippen LogP contribution is -2.16. The lowest BCUT2D eigenvalue weighted by molar-refractivity contribution is 0.612. The molecule has 16 heavy (non-hydrogen) atoms. The van der Waals surface area contributed by atoms with Gasteiger partial charge in [0.2, 0.25) is 0 Å². The Kier molecular flexibility index (Phi) is 2.60. The van der Waals surface area contributed by atoms with Gasteiger partial charge >= 0.3 is 0 Å². The third-order valence-electron chi connectivity index (χ3n) is 3.89. The number of hydrogen-bond acceptors (Lipinski definition) is 2. The molecular formula is C14H20N2. The van der Waals surface area contributed by atoms with E-state index < -0.39 is 0 Å². The topological polar surface area (TPSA) is 24.1 Å². The van der Waals surface area contributed by atoms with Crippen LogP contribution in [0.15, 0.2) is 18.2 Å². The van der Waals surface area contributed by atoms with Gasteiger partial charge in [0.25, 0.3) is 0 Å². The zero-order valence-corrected chi connectivity index (χ0v) is 9.92. The van der Waals surface area contributed by atoms with Crippen molar-refractivity contribution in [3.05, 3.63) is 29.3 Å². The van der Waals surface area contributed by atoms with Crippen molar-refractivity contribution in [2.45, 2.75) is 26.3 Å². The minimum absolute atomic E-state index is 0.941. The van der Waals surface area contributed by atoms with Gasteiger partial charge in [-0.1, -0.05) is 19.1 Å². The fourth-order valence-corrected chi connectivity index (χ4v) is 2.55. The van der Waals surface area contributed by atoms with Crippen LogP contribution in [0.2, 0.25) is 0 Å². The van der Waals surface area contributed by atoms with Gasteiger partial charge < -0.3 is 10.6 Å². The van der Waals surface area contributed by atoms with E-state index in [2.05, 4.69) is 35.8 Å². The third kappa shape index (κ3) is 2.07. The van der Waals surface area contributed by atoms with Gasteiger partial charge in [0.1, 0.15) is 0 Å². The van der Waals surface area contributed by atoms with Crippen LogP contribution in [0.5, 0.6) is 0 Å². The molecule has 2 unspecified atom stereocenters. The van der Waals surface area contributed by atoms with Crippen molar-refractivity contribution in [3.8, 4) is 0 Å². The molecule has 86 valence electrons. The van der Waals surface area contributed by atoms with Gasteiger partial charge in [-0.15, -0.1) is 0 Å². The van der Waals surface area contributed by atoms with Crippen LogP contribution in [0.4, 0.5) is 5.69 Å². The van der Waals surface area contributed by atoms with Gasteiger partial charge in [-0.25, -0.2) is 0 Å². The molecule has 0 bridgehead atoms. The zero-order chi connectivity index (χ0) is 11.0. The number of anilines is 1. The Bertz CT molecular complexity index is 386. The first kappa shape index (κ1) is 10.2. The SMILES string of the molecule is CC1CC1CNCc1ccc2c(c1)CCN2. The van der Waals surface area contributed by atoms with E-state index in [-0.39, 0.29) is 0 Å². The predicted octanol–water partition coefficient (Wildman–Crippen LogP) is 2.40. The number of rotatable bonds is 4. The van der Waals surface area contributed by atoms with Gasteiger partial charge in [0, 0.05) is 18.8 Å². The fraction of sp³-hybridized carbons (Fsp3) is 0.571. The standard InChI is InChI=1S/C14H20N2/c1-10-6-13(10)9-15-8-11-2-3-14-12(7-11)4-5-16-14/h2-3,7,10,13,15-16H,4-6,8-9H2,1H3. The van der Waals surface area contributed by atoms with Gasteiger partial charge in [0.15, 0.2) is 0 Å². The summed E-state index contributed by atoms with van der Waals surface area (Å²) in [6, 6.07) is 6.80. The summed E-state index contributed by atoms with van der Waals surface area (Å²) in [6.45, 7) is 5.66. The van der Waals surface area contributed by atoms with Crippen molar-refractivity contribution in [1.82, 2.24) is 5.32 Å². The van der Waals surface area contributed by atoms with Crippen molar-refractivity contribution >= 4 is 5.69 Å². The lowest BCUT2D eigenvalue weighted by atomic mass is 10.1. The Hall–Kier alpha value is -1.02. The molecule has 1 fully saturated rings. The molecule has 2 heteroatoms. The van der Waals surface area contributed by atoms with Crippen molar-refractivity contribution in [1.29, 1.82) is 0 Å². The van der Waals surface area contributed by atoms with Crippen LogP contribution in [-0.4, -0.2) is 13.1 Å². The smallest absolute Gasteiger partial charge is 0.0373 e. The second-order valence-corrected chi connectivity index (χ2v) is 5.27. The normalized spacial score (nSPS) is 26.3. The van der Waals surface area contributed by atoms with E-state index in [1.807, 2.05) is 0 Å². The molecule has 1 aromatic rings. The maximum absolute atomic E-state index is 3.56. The molecule has 3 rings (SSSR count). The molecular weight excluding hydrogens is 196 g/mol. The molecule has 1 aliphatic carbocycles. The fourth-order valence-electron chi connectivity index (χ4n) is 2.55. The Morgan fingerprint density at radius 3 is 3.12 bits per heavy atom. The quantitative estimate of drug-likeness (QED) is 0.807. The first-order valence-electron chi connectivity index (χ1n) is 6.39. The molecule has 0 aromatic heterocycles. The summed E-state index contributed by atoms with van der Waals surface area (Å²) in [5.74, 6) is 1.90. The maximum atomic E-state index is 3.56. The second-order valence-electron chi connectivity index (χ2n) is 5.27. The minimum Gasteiger partial charge on any atom is -0.384 e. The highest BCUT2D eigenvalue weighted by Crippen LogP contribution is 2.36. The summed E-state index contributed by atoms with van der Waals surface area (Å²) in [4.78, 5) is 0. The van der Waals surface area contributed by atoms with Gasteiger partial charge in [-0.2, -0.15) is 0 Å². The first-order valence-corrected chi connectivity index (χ1v) is 6.39. The summed E-state index contributed by atoms with van der Waals surface area (Å²) in [7, 11) is 0. The van der Waals surface area contributed by atoms with Gasteiger partial charge in [-0.05, 0) is 48.4 Å². The Labute approximate surface area is 97.4 Å². The minimum atomic E-state index is 0.941. The molecule has 2 aliphatic rings. The number of benzene rings is 1. The van der Waals surface area contributed by atoms with Crippen LogP contribution >= 0.6 is 0 Å². The average molecular weight is 216 g/mol. The molecule has 1 saturated carbocycles. The molecule has 1 aromatic carbocycles. The molecule has 2 atom stereocenters. The summed E-state index contributed by atoms with van der Waals surface area (Å²) in [5, 5.41) is 6.96. The monoisotopic (exact) mass is 216 g/mol. The zero-order valence-electron chi connectivity index (χ0n) is 9.92. The Balaban J connectivity index is 1.54. The number of hydrogen-bond donors (Lipinski definition) is 2. The molecule has 2 nitrogen and oxygen atoms in total. The Morgan fingerprint density at radius 2 is 2.31 bits per heavy atom. The van der Waals surface area contributed by atoms with Gasteiger partial charge in [-0.3, -0.25) is 0 Å². The van der Waals surface area contributed by atoms with E-state index in [9.17, 15) is 0 Å². The lowest BCUT2D eigenvalue weighted by Gasteiger charge is -2.06. The van der Waals surface area contributed by atoms with E-state index in [0.717, 1.165) is 24.9 Å². The van der Waals surface area contributed by atoms with E-state index in [4.69, 9.17) is 0 Å². The van der Waals surface area contributed by atoms with Gasteiger partial charge in [0.05, 0.1) is 0 Å². The van der Waals surface area contributed by atoms with Crippen LogP contribution < -0.4 is 10.6 Å². The summed E-state index contributed by atoms with van der Waals surface area (Å²) < 4.78 is 0. The maximum Gasteiger partial charge on any atom is 0.0373 e. The molecule has 1 heterocycles. The number of nitrogens with one attached hydrogen (secondary N) is 2. The van der Waals surface area contributed by atoms with E-state index >= 15 is 0 Å². The largest absolute Gasteiger partial charge is 0.384 e. The Morgan fingerprint density at radius 1 is 1.44 bits per heavy atom. The van der Waals surface area contributed by atoms with E-state index in [1.54, 1.807) is 0 Å². The summed E-state index contributed by atoms with van der Waals surface area (Å²) in [5.41, 5.74) is 4.24. The van der Waals surface area contributed by atoms with Crippen molar-refractivity contribution in [3.63, 3.8) is 0 Å². The second kappa shape index (κ2) is 4.10. The van der Waals surface area contributed by atoms with Crippen molar-refractivity contribution in [2.75, 3.05) is 18.4 Å². The van der Waals surface area contributed by atoms with Crippen LogP contribution in [0.1, 0.15) is 24.5 Å². The highest BCUT2D eigenvalue weighted by atomic mass is 14.9. The van der Waals surface area contributed by atoms with Crippen LogP contribution in [0.3, 0.4) is 0 Å². The molecule has 0 radical (unpaired) electrons. The molecule has 0 amide bonds. The molecule has 2 N–H and O–H groups in total. The van der Waals surface area contributed by atoms with Crippen molar-refractivity contribution < 1.29 is 0 Å². The third-order valence-corrected chi connectivity index (χ3v) is 3.89. The van der Waals surface area contributed by atoms with Crippen LogP contribution in [0.25, 0.3) is 0 Å². The molecule has 0 saturated heterocycles. The van der Waals surface area contributed by atoms with E-state index in [1.165, 1.54) is 36.2 Å². The van der Waals surface area contributed by atoms with Crippen LogP contribution in [0, 0.1) is 11.8 Å². The first-order chi connectivity index (χ1) is 7.83. The van der Waals surface area contributed by atoms with Crippen LogP contribution in [-0.2, 0) is 13.0 Å². The molecule has 0 spiro atoms. The highest BCUT2D eigenvalue weighted by Gasteiger charge is 2.31. The number of fused-ring (bicyclic) bond motifs is 1. The summed E-state index contributed by atoms with van der Waals surface area (Å²) in [6.07, 6.45) is 2.60.